The smallest absolute Gasteiger partial charge is 0.417 e. The van der Waals surface area contributed by atoms with Gasteiger partial charge in [0.05, 0.1) is 36.1 Å². The minimum Gasteiger partial charge on any atom is -0.493 e. The van der Waals surface area contributed by atoms with Crippen LogP contribution in [0.4, 0.5) is 30.4 Å². The Morgan fingerprint density at radius 3 is 2.25 bits per heavy atom. The summed E-state index contributed by atoms with van der Waals surface area (Å²) in [6, 6.07) is 15.3. The summed E-state index contributed by atoms with van der Waals surface area (Å²) in [6.07, 6.45) is -2.39. The van der Waals surface area contributed by atoms with Crippen LogP contribution in [0.5, 0.6) is 5.75 Å². The van der Waals surface area contributed by atoms with E-state index in [2.05, 4.69) is 40.5 Å². The summed E-state index contributed by atoms with van der Waals surface area (Å²) < 4.78 is 45.7. The number of aromatic nitrogens is 1. The fraction of sp³-hybridized carbons (Fsp3) is 0.450. The molecule has 1 unspecified atom stereocenters. The van der Waals surface area contributed by atoms with Crippen molar-refractivity contribution in [3.63, 3.8) is 0 Å². The third-order valence-electron chi connectivity index (χ3n) is 10.4. The van der Waals surface area contributed by atoms with Gasteiger partial charge >= 0.3 is 6.18 Å². The minimum atomic E-state index is -4.72. The van der Waals surface area contributed by atoms with Crippen molar-refractivity contribution in [2.45, 2.75) is 38.4 Å². The molecule has 0 saturated carbocycles. The number of imide groups is 1. The zero-order valence-corrected chi connectivity index (χ0v) is 31.7. The zero-order chi connectivity index (χ0) is 40.5. The van der Waals surface area contributed by atoms with Gasteiger partial charge in [-0.25, -0.2) is 4.98 Å². The monoisotopic (exact) mass is 789 g/mol. The molecule has 0 bridgehead atoms. The number of rotatable bonds is 13. The maximum atomic E-state index is 13.3. The molecule has 3 aliphatic rings. The first-order chi connectivity index (χ1) is 27.3. The summed E-state index contributed by atoms with van der Waals surface area (Å²) >= 11 is 0. The second-order valence-electron chi connectivity index (χ2n) is 14.5. The van der Waals surface area contributed by atoms with E-state index in [9.17, 15) is 32.3 Å². The van der Waals surface area contributed by atoms with E-state index < -0.39 is 41.1 Å². The number of hydrogen-bond acceptors (Lipinski definition) is 11. The molecule has 0 aliphatic carbocycles. The van der Waals surface area contributed by atoms with Crippen molar-refractivity contribution >= 4 is 40.8 Å². The van der Waals surface area contributed by atoms with Gasteiger partial charge in [0, 0.05) is 89.4 Å². The van der Waals surface area contributed by atoms with Gasteiger partial charge in [0.15, 0.2) is 0 Å². The van der Waals surface area contributed by atoms with Crippen LogP contribution < -0.4 is 30.5 Å². The van der Waals surface area contributed by atoms with Crippen molar-refractivity contribution in [1.29, 1.82) is 5.26 Å². The maximum Gasteiger partial charge on any atom is 0.417 e. The lowest BCUT2D eigenvalue weighted by molar-refractivity contribution is -0.138. The lowest BCUT2D eigenvalue weighted by atomic mass is 10.1. The van der Waals surface area contributed by atoms with Crippen molar-refractivity contribution in [1.82, 2.24) is 25.4 Å². The summed E-state index contributed by atoms with van der Waals surface area (Å²) in [6.45, 7) is 10.7. The number of carbonyl (C=O) groups excluding carboxylic acids is 4. The van der Waals surface area contributed by atoms with Crippen LogP contribution in [0.2, 0.25) is 0 Å². The number of nitrogens with zero attached hydrogens (tertiary/aromatic N) is 6. The Hall–Kier alpha value is -5.73. The van der Waals surface area contributed by atoms with E-state index in [1.54, 1.807) is 19.2 Å². The number of halogens is 3. The molecule has 3 saturated heterocycles. The van der Waals surface area contributed by atoms with E-state index in [0.717, 1.165) is 94.6 Å². The topological polar surface area (TPSA) is 163 Å². The van der Waals surface area contributed by atoms with Crippen LogP contribution in [-0.2, 0) is 31.8 Å². The van der Waals surface area contributed by atoms with Gasteiger partial charge in [0.2, 0.25) is 23.6 Å². The lowest BCUT2D eigenvalue weighted by Gasteiger charge is -2.39. The van der Waals surface area contributed by atoms with Crippen LogP contribution in [0.15, 0.2) is 60.8 Å². The van der Waals surface area contributed by atoms with Gasteiger partial charge in [0.1, 0.15) is 17.6 Å². The first-order valence-corrected chi connectivity index (χ1v) is 19.0. The van der Waals surface area contributed by atoms with Gasteiger partial charge in [-0.1, -0.05) is 6.92 Å². The minimum absolute atomic E-state index is 0.0289. The van der Waals surface area contributed by atoms with Crippen LogP contribution >= 0.6 is 0 Å². The number of anilines is 3. The SMILES string of the molecule is C[C@H](COc1ccc(N2CCN(CCN3CCN(c4cc(CC(=O)NC5CCC(=O)NC5=O)ccn4)CC3)CC2)cc1)C(=O)Nc1ccc(C#N)c(C(F)(F)F)c1. The molecule has 3 aromatic rings. The lowest BCUT2D eigenvalue weighted by Crippen LogP contribution is -2.52. The Morgan fingerprint density at radius 1 is 0.947 bits per heavy atom. The summed E-state index contributed by atoms with van der Waals surface area (Å²) in [5.74, 6) is -0.815. The van der Waals surface area contributed by atoms with Gasteiger partial charge < -0.3 is 25.2 Å². The quantitative estimate of drug-likeness (QED) is 0.218. The van der Waals surface area contributed by atoms with E-state index in [0.29, 0.717) is 12.2 Å². The average molecular weight is 790 g/mol. The molecule has 3 aliphatic heterocycles. The molecule has 4 amide bonds. The number of piperidine rings is 1. The van der Waals surface area contributed by atoms with Gasteiger partial charge in [-0.2, -0.15) is 18.4 Å². The van der Waals surface area contributed by atoms with Crippen LogP contribution in [-0.4, -0.2) is 117 Å². The van der Waals surface area contributed by atoms with E-state index >= 15 is 0 Å². The van der Waals surface area contributed by atoms with E-state index in [4.69, 9.17) is 10.00 Å². The number of ether oxygens (including phenoxy) is 1. The van der Waals surface area contributed by atoms with Crippen LogP contribution in [0.1, 0.15) is 36.5 Å². The molecule has 1 aromatic heterocycles. The molecule has 57 heavy (non-hydrogen) atoms. The molecule has 2 atom stereocenters. The van der Waals surface area contributed by atoms with Crippen LogP contribution in [0, 0.1) is 17.2 Å². The molecule has 4 heterocycles. The Kier molecular flexibility index (Phi) is 13.3. The molecule has 0 radical (unpaired) electrons. The normalized spacial score (nSPS) is 18.7. The molecule has 3 fully saturated rings. The summed E-state index contributed by atoms with van der Waals surface area (Å²) in [7, 11) is 0. The third-order valence-corrected chi connectivity index (χ3v) is 10.4. The number of pyridine rings is 1. The van der Waals surface area contributed by atoms with Gasteiger partial charge in [-0.05, 0) is 66.6 Å². The van der Waals surface area contributed by atoms with E-state index in [1.165, 1.54) is 12.1 Å². The second-order valence-corrected chi connectivity index (χ2v) is 14.5. The summed E-state index contributed by atoms with van der Waals surface area (Å²) in [5.41, 5.74) is 0.216. The Morgan fingerprint density at radius 2 is 1.61 bits per heavy atom. The fourth-order valence-electron chi connectivity index (χ4n) is 6.99. The Labute approximate surface area is 328 Å². The number of carbonyl (C=O) groups is 4. The number of benzene rings is 2. The first-order valence-electron chi connectivity index (χ1n) is 19.0. The first kappa shape index (κ1) is 40.9. The number of piperazine rings is 2. The molecular formula is C40H46F3N9O5. The van der Waals surface area contributed by atoms with Crippen molar-refractivity contribution in [3.8, 4) is 11.8 Å². The molecule has 17 heteroatoms. The van der Waals surface area contributed by atoms with Crippen molar-refractivity contribution in [3.05, 3.63) is 77.5 Å². The Bertz CT molecular complexity index is 1960. The fourth-order valence-corrected chi connectivity index (χ4v) is 6.99. The van der Waals surface area contributed by atoms with Crippen LogP contribution in [0.3, 0.4) is 0 Å². The van der Waals surface area contributed by atoms with E-state index in [1.807, 2.05) is 30.3 Å². The number of amides is 4. The Balaban J connectivity index is 0.870. The summed E-state index contributed by atoms with van der Waals surface area (Å²) in [4.78, 5) is 62.7. The molecular weight excluding hydrogens is 743 g/mol. The predicted molar refractivity (Wildman–Crippen MR) is 205 cm³/mol. The molecule has 14 nitrogen and oxygen atoms in total. The highest BCUT2D eigenvalue weighted by atomic mass is 19.4. The molecule has 6 rings (SSSR count). The highest BCUT2D eigenvalue weighted by Crippen LogP contribution is 2.33. The van der Waals surface area contributed by atoms with Gasteiger partial charge in [-0.3, -0.25) is 34.3 Å². The number of alkyl halides is 3. The van der Waals surface area contributed by atoms with E-state index in [-0.39, 0.29) is 37.0 Å². The number of nitriles is 1. The molecule has 3 N–H and O–H groups in total. The standard InChI is InChI=1S/C40H46F3N9O5/c1-27(38(55)46-30-3-2-29(25-44)33(24-30)40(41,42)43)26-57-32-6-4-31(5-7-32)51-18-14-49(15-19-51)12-13-50-16-20-52(21-17-50)35-22-28(10-11-45-35)23-37(54)47-34-8-9-36(53)48-39(34)56/h2-7,10-11,22,24,27,34H,8-9,12-21,23,26H2,1H3,(H,46,55)(H,47,54)(H,48,53,56)/t27-,34?/m1/s1. The molecule has 302 valence electrons. The van der Waals surface area contributed by atoms with Gasteiger partial charge in [-0.15, -0.1) is 0 Å². The van der Waals surface area contributed by atoms with Crippen LogP contribution in [0.25, 0.3) is 0 Å². The second kappa shape index (κ2) is 18.5. The number of nitrogens with one attached hydrogen (secondary N) is 3. The maximum absolute atomic E-state index is 13.3. The largest absolute Gasteiger partial charge is 0.493 e. The summed E-state index contributed by atoms with van der Waals surface area (Å²) in [5, 5.41) is 16.5. The van der Waals surface area contributed by atoms with Gasteiger partial charge in [0.25, 0.3) is 0 Å². The highest BCUT2D eigenvalue weighted by molar-refractivity contribution is 6.01. The third kappa shape index (κ3) is 11.2. The van der Waals surface area contributed by atoms with Crippen molar-refractivity contribution in [2.24, 2.45) is 5.92 Å². The average Bonchev–Trinajstić information content (AvgIpc) is 3.20. The highest BCUT2D eigenvalue weighted by Gasteiger charge is 2.34. The molecule has 2 aromatic carbocycles. The number of hydrogen-bond donors (Lipinski definition) is 3. The zero-order valence-electron chi connectivity index (χ0n) is 31.7. The van der Waals surface area contributed by atoms with Crippen molar-refractivity contribution in [2.75, 3.05) is 87.2 Å². The predicted octanol–water partition coefficient (Wildman–Crippen LogP) is 3.03. The van der Waals surface area contributed by atoms with Crippen molar-refractivity contribution < 1.29 is 37.1 Å². The molecule has 0 spiro atoms.